The van der Waals surface area contributed by atoms with Gasteiger partial charge in [-0.1, -0.05) is 48.5 Å². The van der Waals surface area contributed by atoms with Gasteiger partial charge < -0.3 is 4.74 Å². The van der Waals surface area contributed by atoms with Crippen LogP contribution >= 0.6 is 11.6 Å². The molecule has 0 bridgehead atoms. The van der Waals surface area contributed by atoms with Crippen molar-refractivity contribution in [3.05, 3.63) is 48.6 Å². The maximum atomic E-state index is 6.09. The van der Waals surface area contributed by atoms with E-state index in [0.717, 1.165) is 5.56 Å². The van der Waals surface area contributed by atoms with Crippen LogP contribution in [0.4, 0.5) is 0 Å². The maximum absolute atomic E-state index is 6.09. The van der Waals surface area contributed by atoms with Gasteiger partial charge in [-0.3, -0.25) is 0 Å². The third kappa shape index (κ3) is 1.68. The smallest absolute Gasteiger partial charge is 0.185 e. The van der Waals surface area contributed by atoms with E-state index in [9.17, 15) is 0 Å². The van der Waals surface area contributed by atoms with E-state index < -0.39 is 5.06 Å². The zero-order valence-electron chi connectivity index (χ0n) is 6.96. The second-order valence-corrected chi connectivity index (χ2v) is 2.98. The van der Waals surface area contributed by atoms with E-state index in [1.54, 1.807) is 13.2 Å². The summed E-state index contributed by atoms with van der Waals surface area (Å²) in [5.74, 6) is 0. The van der Waals surface area contributed by atoms with E-state index in [1.807, 2.05) is 30.3 Å². The molecule has 1 nitrogen and oxygen atoms in total. The van der Waals surface area contributed by atoms with Gasteiger partial charge in [0.05, 0.1) is 0 Å². The fraction of sp³-hybridized carbons (Fsp3) is 0.200. The van der Waals surface area contributed by atoms with Crippen molar-refractivity contribution in [3.8, 4) is 0 Å². The van der Waals surface area contributed by atoms with Crippen molar-refractivity contribution in [3.63, 3.8) is 0 Å². The van der Waals surface area contributed by atoms with Crippen molar-refractivity contribution >= 4 is 11.6 Å². The first-order valence-corrected chi connectivity index (χ1v) is 4.04. The summed E-state index contributed by atoms with van der Waals surface area (Å²) in [6.07, 6.45) is 1.57. The lowest BCUT2D eigenvalue weighted by atomic mass is 10.1. The molecular formula is C10H11ClO. The van der Waals surface area contributed by atoms with Gasteiger partial charge in [-0.15, -0.1) is 0 Å². The first-order valence-electron chi connectivity index (χ1n) is 3.66. The van der Waals surface area contributed by atoms with Gasteiger partial charge in [-0.2, -0.15) is 0 Å². The van der Waals surface area contributed by atoms with Gasteiger partial charge in [0.2, 0.25) is 0 Å². The highest BCUT2D eigenvalue weighted by molar-refractivity contribution is 6.24. The van der Waals surface area contributed by atoms with Gasteiger partial charge in [0.1, 0.15) is 0 Å². The average molecular weight is 183 g/mol. The summed E-state index contributed by atoms with van der Waals surface area (Å²) in [7, 11) is 1.56. The number of methoxy groups -OCH3 is 1. The fourth-order valence-corrected chi connectivity index (χ4v) is 1.11. The molecule has 0 radical (unpaired) electrons. The number of alkyl halides is 1. The van der Waals surface area contributed by atoms with E-state index in [-0.39, 0.29) is 0 Å². The van der Waals surface area contributed by atoms with Crippen LogP contribution in [-0.4, -0.2) is 7.11 Å². The molecule has 0 aliphatic carbocycles. The Morgan fingerprint density at radius 2 is 2.00 bits per heavy atom. The Kier molecular flexibility index (Phi) is 2.90. The number of hydrogen-bond donors (Lipinski definition) is 0. The first kappa shape index (κ1) is 9.30. The molecule has 0 amide bonds. The Labute approximate surface area is 77.6 Å². The standard InChI is InChI=1S/C10H11ClO/c1-3-10(11,12-2)9-7-5-4-6-8-9/h3-8H,1H2,2H3. The summed E-state index contributed by atoms with van der Waals surface area (Å²) in [5.41, 5.74) is 0.893. The molecule has 1 rings (SSSR count). The molecule has 0 fully saturated rings. The van der Waals surface area contributed by atoms with Crippen LogP contribution in [0.5, 0.6) is 0 Å². The van der Waals surface area contributed by atoms with Crippen LogP contribution in [0.1, 0.15) is 5.56 Å². The molecule has 1 aromatic carbocycles. The number of halogens is 1. The van der Waals surface area contributed by atoms with Crippen molar-refractivity contribution < 1.29 is 4.74 Å². The van der Waals surface area contributed by atoms with Gasteiger partial charge in [-0.25, -0.2) is 0 Å². The van der Waals surface area contributed by atoms with Gasteiger partial charge in [0.15, 0.2) is 5.06 Å². The molecule has 0 aromatic heterocycles. The monoisotopic (exact) mass is 182 g/mol. The molecule has 0 N–H and O–H groups in total. The molecule has 2 heteroatoms. The van der Waals surface area contributed by atoms with Crippen molar-refractivity contribution in [1.82, 2.24) is 0 Å². The van der Waals surface area contributed by atoms with Crippen LogP contribution < -0.4 is 0 Å². The van der Waals surface area contributed by atoms with Crippen molar-refractivity contribution in [2.24, 2.45) is 0 Å². The average Bonchev–Trinajstić information content (AvgIpc) is 2.18. The highest BCUT2D eigenvalue weighted by atomic mass is 35.5. The predicted octanol–water partition coefficient (Wildman–Crippen LogP) is 2.91. The van der Waals surface area contributed by atoms with Crippen LogP contribution in [0.15, 0.2) is 43.0 Å². The van der Waals surface area contributed by atoms with Crippen LogP contribution in [-0.2, 0) is 9.80 Å². The zero-order valence-corrected chi connectivity index (χ0v) is 7.71. The predicted molar refractivity (Wildman–Crippen MR) is 51.2 cm³/mol. The van der Waals surface area contributed by atoms with E-state index in [2.05, 4.69) is 6.58 Å². The Balaban J connectivity index is 3.03. The maximum Gasteiger partial charge on any atom is 0.185 e. The lowest BCUT2D eigenvalue weighted by Gasteiger charge is -2.21. The second kappa shape index (κ2) is 3.74. The molecule has 1 aromatic rings. The zero-order chi connectivity index (χ0) is 9.03. The number of rotatable bonds is 3. The summed E-state index contributed by atoms with van der Waals surface area (Å²) < 4.78 is 5.12. The number of hydrogen-bond acceptors (Lipinski definition) is 1. The molecule has 12 heavy (non-hydrogen) atoms. The SMILES string of the molecule is C=CC(Cl)(OC)c1ccccc1. The van der Waals surface area contributed by atoms with Gasteiger partial charge in [0.25, 0.3) is 0 Å². The Bertz CT molecular complexity index is 258. The fourth-order valence-electron chi connectivity index (χ4n) is 0.984. The molecule has 0 saturated heterocycles. The highest BCUT2D eigenvalue weighted by Crippen LogP contribution is 2.30. The molecule has 0 saturated carbocycles. The summed E-state index contributed by atoms with van der Waals surface area (Å²) >= 11 is 6.09. The summed E-state index contributed by atoms with van der Waals surface area (Å²) in [4.78, 5) is 0. The molecule has 1 atom stereocenters. The molecular weight excluding hydrogens is 172 g/mol. The minimum absolute atomic E-state index is 0.888. The Morgan fingerprint density at radius 1 is 1.42 bits per heavy atom. The molecule has 0 aliphatic rings. The molecule has 0 heterocycles. The lowest BCUT2D eigenvalue weighted by Crippen LogP contribution is -2.17. The van der Waals surface area contributed by atoms with E-state index in [0.29, 0.717) is 0 Å². The van der Waals surface area contributed by atoms with E-state index >= 15 is 0 Å². The van der Waals surface area contributed by atoms with E-state index in [4.69, 9.17) is 16.3 Å². The summed E-state index contributed by atoms with van der Waals surface area (Å²) in [6.45, 7) is 3.62. The van der Waals surface area contributed by atoms with Crippen molar-refractivity contribution in [2.75, 3.05) is 7.11 Å². The minimum Gasteiger partial charge on any atom is -0.355 e. The summed E-state index contributed by atoms with van der Waals surface area (Å²) in [6, 6.07) is 9.56. The largest absolute Gasteiger partial charge is 0.355 e. The topological polar surface area (TPSA) is 9.23 Å². The number of ether oxygens (including phenoxy) is 1. The third-order valence-electron chi connectivity index (χ3n) is 1.73. The molecule has 0 aliphatic heterocycles. The van der Waals surface area contributed by atoms with Crippen LogP contribution in [0.2, 0.25) is 0 Å². The normalized spacial score (nSPS) is 15.2. The molecule has 0 spiro atoms. The van der Waals surface area contributed by atoms with Gasteiger partial charge in [0, 0.05) is 12.7 Å². The van der Waals surface area contributed by atoms with Gasteiger partial charge in [-0.05, 0) is 6.08 Å². The van der Waals surface area contributed by atoms with Gasteiger partial charge >= 0.3 is 0 Å². The van der Waals surface area contributed by atoms with Crippen LogP contribution in [0.3, 0.4) is 0 Å². The van der Waals surface area contributed by atoms with Crippen LogP contribution in [0, 0.1) is 0 Å². The summed E-state index contributed by atoms with van der Waals surface area (Å²) in [5, 5.41) is -0.888. The second-order valence-electron chi connectivity index (χ2n) is 2.42. The highest BCUT2D eigenvalue weighted by Gasteiger charge is 2.24. The Hall–Kier alpha value is -0.790. The van der Waals surface area contributed by atoms with Crippen LogP contribution in [0.25, 0.3) is 0 Å². The number of benzene rings is 1. The van der Waals surface area contributed by atoms with Crippen molar-refractivity contribution in [1.29, 1.82) is 0 Å². The minimum atomic E-state index is -0.888. The lowest BCUT2D eigenvalue weighted by molar-refractivity contribution is 0.104. The van der Waals surface area contributed by atoms with Crippen molar-refractivity contribution in [2.45, 2.75) is 5.06 Å². The van der Waals surface area contributed by atoms with E-state index in [1.165, 1.54) is 0 Å². The molecule has 64 valence electrons. The third-order valence-corrected chi connectivity index (χ3v) is 2.25. The quantitative estimate of drug-likeness (QED) is 0.516. The Morgan fingerprint density at radius 3 is 2.42 bits per heavy atom. The molecule has 1 unspecified atom stereocenters. The first-order chi connectivity index (χ1) is 5.73.